The van der Waals surface area contributed by atoms with E-state index < -0.39 is 0 Å². The highest BCUT2D eigenvalue weighted by atomic mass is 32.2. The maximum absolute atomic E-state index is 8.87. The van der Waals surface area contributed by atoms with E-state index in [1.807, 2.05) is 36.0 Å². The molecule has 3 heteroatoms. The van der Waals surface area contributed by atoms with Crippen LogP contribution in [0.2, 0.25) is 0 Å². The Morgan fingerprint density at radius 2 is 2.29 bits per heavy atom. The maximum atomic E-state index is 8.87. The van der Waals surface area contributed by atoms with E-state index in [1.165, 1.54) is 25.7 Å². The van der Waals surface area contributed by atoms with E-state index in [1.54, 1.807) is 0 Å². The van der Waals surface area contributed by atoms with Crippen LogP contribution < -0.4 is 5.32 Å². The average molecular weight is 246 g/mol. The average Bonchev–Trinajstić information content (AvgIpc) is 2.39. The van der Waals surface area contributed by atoms with Crippen molar-refractivity contribution >= 4 is 17.4 Å². The van der Waals surface area contributed by atoms with Gasteiger partial charge in [0.2, 0.25) is 0 Å². The second-order valence-electron chi connectivity index (χ2n) is 4.56. The summed E-state index contributed by atoms with van der Waals surface area (Å²) in [5.74, 6) is 0. The third-order valence-corrected chi connectivity index (χ3v) is 4.42. The molecule has 0 aromatic heterocycles. The fourth-order valence-corrected chi connectivity index (χ4v) is 3.23. The number of anilines is 1. The summed E-state index contributed by atoms with van der Waals surface area (Å²) < 4.78 is 0. The molecule has 2 rings (SSSR count). The second-order valence-corrected chi connectivity index (χ2v) is 5.70. The lowest BCUT2D eigenvalue weighted by molar-refractivity contribution is 0.473. The minimum absolute atomic E-state index is 0.565. The van der Waals surface area contributed by atoms with Crippen molar-refractivity contribution in [2.24, 2.45) is 0 Å². The number of benzene rings is 1. The predicted octanol–water partition coefficient (Wildman–Crippen LogP) is 3.64. The smallest absolute Gasteiger partial charge is 0.0992 e. The van der Waals surface area contributed by atoms with Gasteiger partial charge >= 0.3 is 0 Å². The Kier molecular flexibility index (Phi) is 4.33. The topological polar surface area (TPSA) is 35.8 Å². The van der Waals surface area contributed by atoms with E-state index >= 15 is 0 Å². The van der Waals surface area contributed by atoms with Crippen LogP contribution in [0.1, 0.15) is 31.2 Å². The van der Waals surface area contributed by atoms with Crippen molar-refractivity contribution in [3.63, 3.8) is 0 Å². The normalized spacial score (nSPS) is 24.0. The third-order valence-electron chi connectivity index (χ3n) is 3.32. The van der Waals surface area contributed by atoms with Gasteiger partial charge in [-0.25, -0.2) is 0 Å². The summed E-state index contributed by atoms with van der Waals surface area (Å²) in [4.78, 5) is 0. The Balaban J connectivity index is 1.98. The molecule has 1 aliphatic rings. The third kappa shape index (κ3) is 3.41. The van der Waals surface area contributed by atoms with Gasteiger partial charge in [0.15, 0.2) is 0 Å². The fraction of sp³-hybridized carbons (Fsp3) is 0.500. The number of hydrogen-bond acceptors (Lipinski definition) is 3. The summed E-state index contributed by atoms with van der Waals surface area (Å²) in [5, 5.41) is 13.2. The van der Waals surface area contributed by atoms with E-state index in [0.29, 0.717) is 6.04 Å². The summed E-state index contributed by atoms with van der Waals surface area (Å²) in [6.07, 6.45) is 7.33. The molecule has 0 amide bonds. The van der Waals surface area contributed by atoms with Crippen molar-refractivity contribution in [2.75, 3.05) is 11.6 Å². The Labute approximate surface area is 107 Å². The van der Waals surface area contributed by atoms with Gasteiger partial charge in [-0.3, -0.25) is 0 Å². The minimum Gasteiger partial charge on any atom is -0.382 e. The van der Waals surface area contributed by atoms with Crippen LogP contribution in [0.3, 0.4) is 0 Å². The summed E-state index contributed by atoms with van der Waals surface area (Å²) in [6.45, 7) is 0. The van der Waals surface area contributed by atoms with Crippen molar-refractivity contribution < 1.29 is 0 Å². The molecule has 1 N–H and O–H groups in total. The van der Waals surface area contributed by atoms with E-state index in [4.69, 9.17) is 5.26 Å². The summed E-state index contributed by atoms with van der Waals surface area (Å²) >= 11 is 1.98. The monoisotopic (exact) mass is 246 g/mol. The van der Waals surface area contributed by atoms with Crippen LogP contribution in [0.4, 0.5) is 5.69 Å². The van der Waals surface area contributed by atoms with E-state index in [9.17, 15) is 0 Å². The zero-order chi connectivity index (χ0) is 12.1. The molecular formula is C14H18N2S. The highest BCUT2D eigenvalue weighted by Gasteiger charge is 2.20. The molecule has 0 radical (unpaired) electrons. The number of rotatable bonds is 3. The standard InChI is InChI=1S/C14H18N2S/c1-17-14-7-3-6-13(9-14)16-12-5-2-4-11(8-12)10-15/h2,4-5,8,13-14,16H,3,6-7,9H2,1H3. The lowest BCUT2D eigenvalue weighted by atomic mass is 9.94. The van der Waals surface area contributed by atoms with Gasteiger partial charge in [0.25, 0.3) is 0 Å². The fourth-order valence-electron chi connectivity index (χ4n) is 2.40. The van der Waals surface area contributed by atoms with Crippen molar-refractivity contribution in [3.8, 4) is 6.07 Å². The highest BCUT2D eigenvalue weighted by Crippen LogP contribution is 2.28. The van der Waals surface area contributed by atoms with Crippen LogP contribution in [0.5, 0.6) is 0 Å². The quantitative estimate of drug-likeness (QED) is 0.884. The van der Waals surface area contributed by atoms with Crippen LogP contribution in [-0.2, 0) is 0 Å². The Morgan fingerprint density at radius 3 is 3.06 bits per heavy atom. The van der Waals surface area contributed by atoms with Gasteiger partial charge < -0.3 is 5.32 Å². The van der Waals surface area contributed by atoms with Crippen LogP contribution in [0.25, 0.3) is 0 Å². The van der Waals surface area contributed by atoms with Crippen LogP contribution in [-0.4, -0.2) is 17.5 Å². The molecule has 2 unspecified atom stereocenters. The number of hydrogen-bond donors (Lipinski definition) is 1. The van der Waals surface area contributed by atoms with E-state index in [2.05, 4.69) is 17.6 Å². The zero-order valence-corrected chi connectivity index (χ0v) is 11.0. The van der Waals surface area contributed by atoms with Gasteiger partial charge in [0.05, 0.1) is 11.6 Å². The zero-order valence-electron chi connectivity index (χ0n) is 10.1. The summed E-state index contributed by atoms with van der Waals surface area (Å²) in [7, 11) is 0. The molecule has 1 aliphatic carbocycles. The maximum Gasteiger partial charge on any atom is 0.0992 e. The largest absolute Gasteiger partial charge is 0.382 e. The Hall–Kier alpha value is -1.14. The van der Waals surface area contributed by atoms with Crippen molar-refractivity contribution in [2.45, 2.75) is 37.0 Å². The molecule has 1 aromatic carbocycles. The van der Waals surface area contributed by atoms with Crippen LogP contribution in [0, 0.1) is 11.3 Å². The molecule has 2 nitrogen and oxygen atoms in total. The summed E-state index contributed by atoms with van der Waals surface area (Å²) in [5.41, 5.74) is 1.81. The number of nitrogens with zero attached hydrogens (tertiary/aromatic N) is 1. The molecule has 2 atom stereocenters. The molecule has 0 heterocycles. The first-order valence-electron chi connectivity index (χ1n) is 6.11. The number of thioether (sulfide) groups is 1. The first kappa shape index (κ1) is 12.3. The molecule has 0 aliphatic heterocycles. The van der Waals surface area contributed by atoms with E-state index in [0.717, 1.165) is 16.5 Å². The summed E-state index contributed by atoms with van der Waals surface area (Å²) in [6, 6.07) is 10.5. The predicted molar refractivity (Wildman–Crippen MR) is 74.3 cm³/mol. The minimum atomic E-state index is 0.565. The van der Waals surface area contributed by atoms with Gasteiger partial charge in [0.1, 0.15) is 0 Å². The van der Waals surface area contributed by atoms with Crippen LogP contribution in [0.15, 0.2) is 24.3 Å². The van der Waals surface area contributed by atoms with Gasteiger partial charge in [-0.15, -0.1) is 0 Å². The van der Waals surface area contributed by atoms with Gasteiger partial charge in [-0.05, 0) is 43.7 Å². The Bertz CT molecular complexity index is 411. The number of nitriles is 1. The second kappa shape index (κ2) is 5.97. The van der Waals surface area contributed by atoms with Gasteiger partial charge in [0, 0.05) is 17.0 Å². The lowest BCUT2D eigenvalue weighted by Gasteiger charge is -2.29. The number of nitrogens with one attached hydrogen (secondary N) is 1. The van der Waals surface area contributed by atoms with Gasteiger partial charge in [-0.1, -0.05) is 12.5 Å². The van der Waals surface area contributed by atoms with Crippen molar-refractivity contribution in [3.05, 3.63) is 29.8 Å². The lowest BCUT2D eigenvalue weighted by Crippen LogP contribution is -2.28. The molecule has 17 heavy (non-hydrogen) atoms. The molecule has 1 saturated carbocycles. The SMILES string of the molecule is CSC1CCCC(Nc2cccc(C#N)c2)C1. The molecule has 0 bridgehead atoms. The first-order valence-corrected chi connectivity index (χ1v) is 7.40. The molecule has 1 fully saturated rings. The molecule has 90 valence electrons. The highest BCUT2D eigenvalue weighted by molar-refractivity contribution is 7.99. The van der Waals surface area contributed by atoms with Gasteiger partial charge in [-0.2, -0.15) is 17.0 Å². The Morgan fingerprint density at radius 1 is 1.41 bits per heavy atom. The van der Waals surface area contributed by atoms with Crippen molar-refractivity contribution in [1.29, 1.82) is 5.26 Å². The first-order chi connectivity index (χ1) is 8.31. The molecule has 0 spiro atoms. The molecular weight excluding hydrogens is 228 g/mol. The van der Waals surface area contributed by atoms with Crippen LogP contribution >= 0.6 is 11.8 Å². The van der Waals surface area contributed by atoms with Crippen molar-refractivity contribution in [1.82, 2.24) is 0 Å². The molecule has 0 saturated heterocycles. The van der Waals surface area contributed by atoms with E-state index in [-0.39, 0.29) is 0 Å². The molecule has 1 aromatic rings.